The van der Waals surface area contributed by atoms with Gasteiger partial charge in [-0.05, 0) is 30.1 Å². The molecule has 0 heterocycles. The summed E-state index contributed by atoms with van der Waals surface area (Å²) in [5.74, 6) is 1.58. The molecule has 0 aliphatic heterocycles. The third-order valence-corrected chi connectivity index (χ3v) is 4.94. The summed E-state index contributed by atoms with van der Waals surface area (Å²) in [6.45, 7) is 12.4. The Bertz CT molecular complexity index is 257. The lowest BCUT2D eigenvalue weighted by atomic mass is 9.63. The number of nitrogens with one attached hydrogen (secondary N) is 1. The van der Waals surface area contributed by atoms with Gasteiger partial charge in [-0.15, -0.1) is 0 Å². The molecule has 1 atom stereocenters. The van der Waals surface area contributed by atoms with Crippen LogP contribution < -0.4 is 5.32 Å². The fourth-order valence-corrected chi connectivity index (χ4v) is 4.15. The lowest BCUT2D eigenvalue weighted by Crippen LogP contribution is -2.44. The Balaban J connectivity index is 2.40. The van der Waals surface area contributed by atoms with Gasteiger partial charge in [0.25, 0.3) is 0 Å². The number of hydrogen-bond acceptors (Lipinski definition) is 2. The van der Waals surface area contributed by atoms with E-state index < -0.39 is 10.8 Å². The first-order valence-electron chi connectivity index (χ1n) is 6.82. The summed E-state index contributed by atoms with van der Waals surface area (Å²) < 4.78 is 11.4. The summed E-state index contributed by atoms with van der Waals surface area (Å²) in [6.07, 6.45) is 3.80. The molecule has 0 bridgehead atoms. The van der Waals surface area contributed by atoms with E-state index in [1.807, 2.05) is 6.92 Å². The second kappa shape index (κ2) is 5.83. The lowest BCUT2D eigenvalue weighted by molar-refractivity contribution is 0.0860. The first kappa shape index (κ1) is 15.2. The van der Waals surface area contributed by atoms with E-state index in [1.54, 1.807) is 0 Å². The third kappa shape index (κ3) is 5.52. The Labute approximate surface area is 109 Å². The van der Waals surface area contributed by atoms with Crippen molar-refractivity contribution in [1.29, 1.82) is 0 Å². The normalized spacial score (nSPS) is 25.7. The van der Waals surface area contributed by atoms with Crippen LogP contribution in [0.4, 0.5) is 0 Å². The highest BCUT2D eigenvalue weighted by Gasteiger charge is 2.37. The number of hydrogen-bond donors (Lipinski definition) is 1. The largest absolute Gasteiger partial charge is 0.313 e. The summed E-state index contributed by atoms with van der Waals surface area (Å²) >= 11 is 0. The minimum Gasteiger partial charge on any atom is -0.313 e. The third-order valence-electron chi connectivity index (χ3n) is 3.64. The lowest BCUT2D eigenvalue weighted by Gasteiger charge is -2.45. The molecule has 0 amide bonds. The molecule has 2 nitrogen and oxygen atoms in total. The molecule has 0 spiro atoms. The molecule has 102 valence electrons. The highest BCUT2D eigenvalue weighted by atomic mass is 32.2. The van der Waals surface area contributed by atoms with Gasteiger partial charge in [-0.1, -0.05) is 34.6 Å². The molecule has 1 aliphatic carbocycles. The van der Waals surface area contributed by atoms with E-state index in [9.17, 15) is 4.21 Å². The average molecular weight is 259 g/mol. The van der Waals surface area contributed by atoms with Crippen LogP contribution in [0.15, 0.2) is 0 Å². The Morgan fingerprint density at radius 2 is 1.71 bits per heavy atom. The van der Waals surface area contributed by atoms with Crippen LogP contribution in [0.5, 0.6) is 0 Å². The van der Waals surface area contributed by atoms with Gasteiger partial charge in [0.2, 0.25) is 0 Å². The Hall–Kier alpha value is 0.110. The first-order chi connectivity index (χ1) is 7.74. The molecule has 0 aromatic rings. The summed E-state index contributed by atoms with van der Waals surface area (Å²) in [5, 5.41) is 3.61. The van der Waals surface area contributed by atoms with E-state index in [-0.39, 0.29) is 0 Å². The van der Waals surface area contributed by atoms with Crippen molar-refractivity contribution >= 4 is 10.8 Å². The molecule has 3 heteroatoms. The second-order valence-corrected chi connectivity index (χ2v) is 8.86. The smallest absolute Gasteiger partial charge is 0.0360 e. The molecule has 0 aromatic carbocycles. The zero-order valence-electron chi connectivity index (χ0n) is 12.1. The van der Waals surface area contributed by atoms with Gasteiger partial charge in [-0.3, -0.25) is 4.21 Å². The van der Waals surface area contributed by atoms with E-state index in [1.165, 1.54) is 19.3 Å². The van der Waals surface area contributed by atoms with Crippen molar-refractivity contribution in [3.8, 4) is 0 Å². The van der Waals surface area contributed by atoms with Crippen molar-refractivity contribution in [2.45, 2.75) is 59.9 Å². The van der Waals surface area contributed by atoms with Gasteiger partial charge < -0.3 is 5.32 Å². The zero-order chi connectivity index (χ0) is 13.1. The van der Waals surface area contributed by atoms with E-state index in [4.69, 9.17) is 0 Å². The Morgan fingerprint density at radius 3 is 2.18 bits per heavy atom. The molecule has 0 aromatic heterocycles. The van der Waals surface area contributed by atoms with Gasteiger partial charge in [0.05, 0.1) is 0 Å². The van der Waals surface area contributed by atoms with Gasteiger partial charge >= 0.3 is 0 Å². The topological polar surface area (TPSA) is 29.1 Å². The van der Waals surface area contributed by atoms with Crippen LogP contribution >= 0.6 is 0 Å². The molecule has 0 radical (unpaired) electrons. The van der Waals surface area contributed by atoms with Crippen LogP contribution in [0, 0.1) is 10.8 Å². The Morgan fingerprint density at radius 1 is 1.18 bits per heavy atom. The minimum absolute atomic E-state index is 0.434. The fraction of sp³-hybridized carbons (Fsp3) is 1.00. The summed E-state index contributed by atoms with van der Waals surface area (Å²) in [6, 6.07) is 0.600. The summed E-state index contributed by atoms with van der Waals surface area (Å²) in [7, 11) is -0.632. The second-order valence-electron chi connectivity index (χ2n) is 7.00. The molecular weight excluding hydrogens is 230 g/mol. The van der Waals surface area contributed by atoms with Crippen LogP contribution in [0.1, 0.15) is 53.9 Å². The van der Waals surface area contributed by atoms with Crippen molar-refractivity contribution in [2.75, 3.05) is 18.1 Å². The molecule has 1 fully saturated rings. The zero-order valence-corrected chi connectivity index (χ0v) is 13.0. The van der Waals surface area contributed by atoms with Gasteiger partial charge in [0.1, 0.15) is 0 Å². The quantitative estimate of drug-likeness (QED) is 0.822. The maximum Gasteiger partial charge on any atom is 0.0360 e. The van der Waals surface area contributed by atoms with Crippen LogP contribution in [-0.2, 0) is 10.8 Å². The maximum absolute atomic E-state index is 11.4. The van der Waals surface area contributed by atoms with Crippen LogP contribution in [-0.4, -0.2) is 28.3 Å². The van der Waals surface area contributed by atoms with E-state index in [0.29, 0.717) is 16.9 Å². The monoisotopic (exact) mass is 259 g/mol. The van der Waals surface area contributed by atoms with Gasteiger partial charge in [0.15, 0.2) is 0 Å². The highest BCUT2D eigenvalue weighted by molar-refractivity contribution is 7.84. The fourth-order valence-electron chi connectivity index (χ4n) is 3.51. The Kier molecular flexibility index (Phi) is 5.21. The molecular formula is C14H29NOS. The molecule has 1 unspecified atom stereocenters. The van der Waals surface area contributed by atoms with Crippen molar-refractivity contribution in [3.63, 3.8) is 0 Å². The van der Waals surface area contributed by atoms with Gasteiger partial charge in [-0.25, -0.2) is 0 Å². The molecule has 0 saturated heterocycles. The predicted molar refractivity (Wildman–Crippen MR) is 76.8 cm³/mol. The van der Waals surface area contributed by atoms with Crippen molar-refractivity contribution in [3.05, 3.63) is 0 Å². The van der Waals surface area contributed by atoms with Gasteiger partial charge in [0, 0.05) is 34.9 Å². The van der Waals surface area contributed by atoms with Crippen molar-refractivity contribution in [2.24, 2.45) is 10.8 Å². The molecule has 1 N–H and O–H groups in total. The van der Waals surface area contributed by atoms with Gasteiger partial charge in [-0.2, -0.15) is 0 Å². The number of rotatable bonds is 5. The minimum atomic E-state index is -0.632. The summed E-state index contributed by atoms with van der Waals surface area (Å²) in [5.41, 5.74) is 0.868. The molecule has 1 saturated carbocycles. The van der Waals surface area contributed by atoms with E-state index >= 15 is 0 Å². The first-order valence-corrected chi connectivity index (χ1v) is 8.31. The van der Waals surface area contributed by atoms with E-state index in [2.05, 4.69) is 33.0 Å². The molecule has 1 rings (SSSR count). The highest BCUT2D eigenvalue weighted by Crippen LogP contribution is 2.45. The van der Waals surface area contributed by atoms with Crippen LogP contribution in [0.25, 0.3) is 0 Å². The molecule has 17 heavy (non-hydrogen) atoms. The predicted octanol–water partition coefficient (Wildman–Crippen LogP) is 2.95. The van der Waals surface area contributed by atoms with Crippen LogP contribution in [0.3, 0.4) is 0 Å². The van der Waals surface area contributed by atoms with Crippen molar-refractivity contribution in [1.82, 2.24) is 5.32 Å². The average Bonchev–Trinajstić information content (AvgIpc) is 2.12. The maximum atomic E-state index is 11.4. The standard InChI is InChI=1S/C14H29NOS/c1-6-17(16)8-7-15-12-9-13(2,3)11-14(4,5)10-12/h12,15H,6-11H2,1-5H3. The SMILES string of the molecule is CCS(=O)CCNC1CC(C)(C)CC(C)(C)C1. The van der Waals surface area contributed by atoms with Crippen molar-refractivity contribution < 1.29 is 4.21 Å². The molecule has 1 aliphatic rings. The van der Waals surface area contributed by atoms with E-state index in [0.717, 1.165) is 18.1 Å². The van der Waals surface area contributed by atoms with Crippen LogP contribution in [0.2, 0.25) is 0 Å². The summed E-state index contributed by atoms with van der Waals surface area (Å²) in [4.78, 5) is 0.